The molecule has 9 heteroatoms. The average Bonchev–Trinajstić information content (AvgIpc) is 2.85. The Morgan fingerprint density at radius 2 is 1.70 bits per heavy atom. The Kier molecular flexibility index (Phi) is 7.22. The molecule has 0 bridgehead atoms. The van der Waals surface area contributed by atoms with Gasteiger partial charge in [-0.25, -0.2) is 8.42 Å². The summed E-state index contributed by atoms with van der Waals surface area (Å²) in [6.45, 7) is 1.79. The van der Waals surface area contributed by atoms with Gasteiger partial charge in [-0.2, -0.15) is 0 Å². The van der Waals surface area contributed by atoms with Crippen LogP contribution in [0.2, 0.25) is 0 Å². The second-order valence-corrected chi connectivity index (χ2v) is 10.1. The van der Waals surface area contributed by atoms with Gasteiger partial charge < -0.3 is 14.4 Å². The van der Waals surface area contributed by atoms with Crippen molar-refractivity contribution in [3.63, 3.8) is 0 Å². The predicted molar refractivity (Wildman–Crippen MR) is 128 cm³/mol. The van der Waals surface area contributed by atoms with E-state index in [0.717, 1.165) is 9.79 Å². The van der Waals surface area contributed by atoms with E-state index in [2.05, 4.69) is 4.72 Å². The molecule has 0 saturated carbocycles. The first kappa shape index (κ1) is 23.2. The maximum Gasteiger partial charge on any atom is 0.261 e. The summed E-state index contributed by atoms with van der Waals surface area (Å²) in [6.07, 6.45) is 0. The lowest BCUT2D eigenvalue weighted by Crippen LogP contribution is -2.40. The number of carbonyl (C=O) groups excluding carboxylic acids is 1. The largest absolute Gasteiger partial charge is 0.496 e. The Balaban J connectivity index is 1.62. The number of para-hydroxylation sites is 1. The van der Waals surface area contributed by atoms with Crippen molar-refractivity contribution in [2.75, 3.05) is 38.1 Å². The molecular formula is C24H24N2O5S2. The standard InChI is InChI=1S/C24H24N2O5S2/c1-30-22-12-11-19(17-20(22)24(27)26-13-15-31-16-14-26)33(28,29)25-21-9-5-6-10-23(21)32-18-7-3-2-4-8-18/h2-12,17,25H,13-16H2,1H3. The summed E-state index contributed by atoms with van der Waals surface area (Å²) < 4.78 is 39.8. The van der Waals surface area contributed by atoms with Crippen molar-refractivity contribution < 1.29 is 22.7 Å². The molecule has 0 atom stereocenters. The number of sulfonamides is 1. The monoisotopic (exact) mass is 484 g/mol. The Hall–Kier alpha value is -3.01. The molecule has 1 saturated heterocycles. The molecule has 1 N–H and O–H groups in total. The number of methoxy groups -OCH3 is 1. The number of nitrogens with one attached hydrogen (secondary N) is 1. The summed E-state index contributed by atoms with van der Waals surface area (Å²) in [5, 5.41) is 0. The fourth-order valence-electron chi connectivity index (χ4n) is 3.42. The number of morpholine rings is 1. The van der Waals surface area contributed by atoms with Gasteiger partial charge in [0.05, 0.1) is 36.5 Å². The van der Waals surface area contributed by atoms with E-state index in [1.165, 1.54) is 37.1 Å². The lowest BCUT2D eigenvalue weighted by molar-refractivity contribution is 0.0300. The molecule has 3 aromatic carbocycles. The summed E-state index contributed by atoms with van der Waals surface area (Å²) in [4.78, 5) is 16.4. The van der Waals surface area contributed by atoms with Gasteiger partial charge in [0.2, 0.25) is 0 Å². The molecule has 0 aromatic heterocycles. The number of benzene rings is 3. The summed E-state index contributed by atoms with van der Waals surface area (Å²) in [7, 11) is -2.50. The molecule has 0 radical (unpaired) electrons. The Labute approximate surface area is 197 Å². The third-order valence-electron chi connectivity index (χ3n) is 5.11. The minimum Gasteiger partial charge on any atom is -0.496 e. The molecule has 0 aliphatic carbocycles. The fourth-order valence-corrected chi connectivity index (χ4v) is 5.51. The maximum absolute atomic E-state index is 13.3. The molecule has 0 unspecified atom stereocenters. The summed E-state index contributed by atoms with van der Waals surface area (Å²) >= 11 is 1.46. The third kappa shape index (κ3) is 5.50. The molecule has 4 rings (SSSR count). The zero-order valence-corrected chi connectivity index (χ0v) is 19.7. The molecular weight excluding hydrogens is 460 g/mol. The average molecular weight is 485 g/mol. The van der Waals surface area contributed by atoms with Crippen LogP contribution in [0.4, 0.5) is 5.69 Å². The van der Waals surface area contributed by atoms with Gasteiger partial charge in [-0.1, -0.05) is 42.1 Å². The lowest BCUT2D eigenvalue weighted by Gasteiger charge is -2.27. The molecule has 3 aromatic rings. The minimum atomic E-state index is -3.95. The van der Waals surface area contributed by atoms with Gasteiger partial charge in [0, 0.05) is 22.9 Å². The quantitative estimate of drug-likeness (QED) is 0.543. The van der Waals surface area contributed by atoms with Crippen LogP contribution in [0, 0.1) is 0 Å². The first-order valence-electron chi connectivity index (χ1n) is 10.4. The number of anilines is 1. The molecule has 1 aliphatic heterocycles. The van der Waals surface area contributed by atoms with Crippen LogP contribution in [-0.4, -0.2) is 52.6 Å². The number of carbonyl (C=O) groups is 1. The van der Waals surface area contributed by atoms with Crippen molar-refractivity contribution in [3.05, 3.63) is 78.4 Å². The molecule has 7 nitrogen and oxygen atoms in total. The van der Waals surface area contributed by atoms with E-state index in [1.807, 2.05) is 42.5 Å². The van der Waals surface area contributed by atoms with E-state index in [1.54, 1.807) is 17.0 Å². The smallest absolute Gasteiger partial charge is 0.261 e. The van der Waals surface area contributed by atoms with Crippen LogP contribution in [0.15, 0.2) is 87.5 Å². The summed E-state index contributed by atoms with van der Waals surface area (Å²) in [6, 6.07) is 21.2. The summed E-state index contributed by atoms with van der Waals surface area (Å²) in [5.41, 5.74) is 0.664. The van der Waals surface area contributed by atoms with Crippen LogP contribution < -0.4 is 9.46 Å². The van der Waals surface area contributed by atoms with Gasteiger partial charge in [0.25, 0.3) is 15.9 Å². The van der Waals surface area contributed by atoms with Gasteiger partial charge in [-0.3, -0.25) is 9.52 Å². The predicted octanol–water partition coefficient (Wildman–Crippen LogP) is 4.12. The minimum absolute atomic E-state index is 0.0144. The van der Waals surface area contributed by atoms with Crippen molar-refractivity contribution in [2.24, 2.45) is 0 Å². The molecule has 172 valence electrons. The van der Waals surface area contributed by atoms with E-state index in [9.17, 15) is 13.2 Å². The van der Waals surface area contributed by atoms with Crippen molar-refractivity contribution in [2.45, 2.75) is 14.7 Å². The van der Waals surface area contributed by atoms with Crippen molar-refractivity contribution in [1.29, 1.82) is 0 Å². The number of amides is 1. The highest BCUT2D eigenvalue weighted by molar-refractivity contribution is 7.99. The van der Waals surface area contributed by atoms with E-state index >= 15 is 0 Å². The zero-order valence-electron chi connectivity index (χ0n) is 18.1. The van der Waals surface area contributed by atoms with Gasteiger partial charge in [-0.15, -0.1) is 0 Å². The zero-order chi connectivity index (χ0) is 23.3. The Bertz CT molecular complexity index is 1230. The molecule has 1 amide bonds. The number of rotatable bonds is 7. The van der Waals surface area contributed by atoms with Gasteiger partial charge in [-0.05, 0) is 42.5 Å². The topological polar surface area (TPSA) is 84.9 Å². The van der Waals surface area contributed by atoms with Gasteiger partial charge >= 0.3 is 0 Å². The highest BCUT2D eigenvalue weighted by Crippen LogP contribution is 2.34. The Morgan fingerprint density at radius 3 is 2.42 bits per heavy atom. The third-order valence-corrected chi connectivity index (χ3v) is 7.56. The second-order valence-electron chi connectivity index (χ2n) is 7.28. The highest BCUT2D eigenvalue weighted by Gasteiger charge is 2.25. The van der Waals surface area contributed by atoms with Crippen LogP contribution >= 0.6 is 11.8 Å². The first-order chi connectivity index (χ1) is 16.0. The van der Waals surface area contributed by atoms with E-state index in [-0.39, 0.29) is 16.4 Å². The first-order valence-corrected chi connectivity index (χ1v) is 12.7. The van der Waals surface area contributed by atoms with Gasteiger partial charge in [0.1, 0.15) is 5.75 Å². The molecule has 1 fully saturated rings. The molecule has 1 aliphatic rings. The SMILES string of the molecule is COc1ccc(S(=O)(=O)Nc2ccccc2Sc2ccccc2)cc1C(=O)N1CCOCC1. The number of ether oxygens (including phenoxy) is 2. The van der Waals surface area contributed by atoms with Crippen LogP contribution in [0.25, 0.3) is 0 Å². The summed E-state index contributed by atoms with van der Waals surface area (Å²) in [5.74, 6) is 0.0395. The van der Waals surface area contributed by atoms with Gasteiger partial charge in [0.15, 0.2) is 0 Å². The van der Waals surface area contributed by atoms with Crippen LogP contribution in [0.1, 0.15) is 10.4 Å². The normalized spacial score (nSPS) is 14.0. The lowest BCUT2D eigenvalue weighted by atomic mass is 10.1. The van der Waals surface area contributed by atoms with Crippen LogP contribution in [-0.2, 0) is 14.8 Å². The van der Waals surface area contributed by atoms with Crippen LogP contribution in [0.3, 0.4) is 0 Å². The fraction of sp³-hybridized carbons (Fsp3) is 0.208. The van der Waals surface area contributed by atoms with E-state index in [4.69, 9.17) is 9.47 Å². The number of hydrogen-bond donors (Lipinski definition) is 1. The van der Waals surface area contributed by atoms with E-state index in [0.29, 0.717) is 37.7 Å². The van der Waals surface area contributed by atoms with Crippen molar-refractivity contribution in [3.8, 4) is 5.75 Å². The highest BCUT2D eigenvalue weighted by atomic mass is 32.2. The number of nitrogens with zero attached hydrogens (tertiary/aromatic N) is 1. The van der Waals surface area contributed by atoms with Crippen molar-refractivity contribution in [1.82, 2.24) is 4.90 Å². The van der Waals surface area contributed by atoms with Crippen molar-refractivity contribution >= 4 is 33.4 Å². The maximum atomic E-state index is 13.3. The van der Waals surface area contributed by atoms with E-state index < -0.39 is 10.0 Å². The molecule has 33 heavy (non-hydrogen) atoms. The second kappa shape index (κ2) is 10.3. The number of hydrogen-bond acceptors (Lipinski definition) is 6. The molecule has 1 heterocycles. The van der Waals surface area contributed by atoms with Crippen LogP contribution in [0.5, 0.6) is 5.75 Å². The molecule has 0 spiro atoms. The Morgan fingerprint density at radius 1 is 1.00 bits per heavy atom.